The molecule has 1 rings (SSSR count). The maximum absolute atomic E-state index is 11.2. The number of thiazole rings is 1. The summed E-state index contributed by atoms with van der Waals surface area (Å²) in [5.74, 6) is -0.293. The number of aromatic amines is 1. The van der Waals surface area contributed by atoms with E-state index in [2.05, 4.69) is 15.0 Å². The van der Waals surface area contributed by atoms with E-state index in [1.54, 1.807) is 11.5 Å². The number of esters is 1. The molecular weight excluding hydrogens is 240 g/mol. The van der Waals surface area contributed by atoms with E-state index in [0.717, 1.165) is 17.0 Å². The Morgan fingerprint density at radius 1 is 1.65 bits per heavy atom. The molecule has 0 bridgehead atoms. The van der Waals surface area contributed by atoms with Crippen molar-refractivity contribution in [2.75, 3.05) is 13.7 Å². The summed E-state index contributed by atoms with van der Waals surface area (Å²) in [5, 5.41) is 4.89. The van der Waals surface area contributed by atoms with Crippen LogP contribution in [0.4, 0.5) is 0 Å². The molecule has 0 saturated heterocycles. The van der Waals surface area contributed by atoms with Crippen LogP contribution < -0.4 is 10.2 Å². The summed E-state index contributed by atoms with van der Waals surface area (Å²) in [4.78, 5) is 24.8. The van der Waals surface area contributed by atoms with Crippen LogP contribution in [0.15, 0.2) is 21.8 Å². The number of hydrogen-bond acceptors (Lipinski definition) is 5. The van der Waals surface area contributed by atoms with Crippen molar-refractivity contribution in [3.63, 3.8) is 0 Å². The Morgan fingerprint density at radius 2 is 2.41 bits per heavy atom. The van der Waals surface area contributed by atoms with E-state index in [0.29, 0.717) is 25.1 Å². The minimum atomic E-state index is -0.293. The molecule has 94 valence electrons. The van der Waals surface area contributed by atoms with Gasteiger partial charge in [-0.2, -0.15) is 0 Å². The number of H-pyrrole nitrogens is 1. The number of methoxy groups -OCH3 is 1. The lowest BCUT2D eigenvalue weighted by molar-refractivity contribution is -0.136. The lowest BCUT2D eigenvalue weighted by Crippen LogP contribution is -2.15. The molecule has 0 aromatic carbocycles. The van der Waals surface area contributed by atoms with Crippen LogP contribution in [0.3, 0.4) is 0 Å². The van der Waals surface area contributed by atoms with Gasteiger partial charge in [-0.25, -0.2) is 4.79 Å². The van der Waals surface area contributed by atoms with Crippen LogP contribution in [0, 0.1) is 0 Å². The third-order valence-corrected chi connectivity index (χ3v) is 2.93. The minimum Gasteiger partial charge on any atom is -0.466 e. The molecule has 0 amide bonds. The third-order valence-electron chi connectivity index (χ3n) is 2.21. The molecule has 1 aromatic heterocycles. The van der Waals surface area contributed by atoms with Gasteiger partial charge in [0, 0.05) is 29.7 Å². The number of hydrogen-bond donors (Lipinski definition) is 2. The smallest absolute Gasteiger partial charge is 0.333 e. The van der Waals surface area contributed by atoms with E-state index >= 15 is 0 Å². The molecule has 0 atom stereocenters. The van der Waals surface area contributed by atoms with Gasteiger partial charge in [-0.3, -0.25) is 4.79 Å². The summed E-state index contributed by atoms with van der Waals surface area (Å²) >= 11 is 1.14. The van der Waals surface area contributed by atoms with Gasteiger partial charge >= 0.3 is 10.8 Å². The van der Waals surface area contributed by atoms with Crippen LogP contribution >= 0.6 is 11.3 Å². The summed E-state index contributed by atoms with van der Waals surface area (Å²) in [7, 11) is 1.37. The molecule has 1 aromatic rings. The maximum atomic E-state index is 11.2. The molecule has 1 heterocycles. The monoisotopic (exact) mass is 256 g/mol. The average molecular weight is 256 g/mol. The molecule has 0 unspecified atom stereocenters. The third kappa shape index (κ3) is 4.54. The number of ether oxygens (including phenoxy) is 1. The van der Waals surface area contributed by atoms with Crippen molar-refractivity contribution in [3.05, 3.63) is 32.4 Å². The van der Waals surface area contributed by atoms with Crippen LogP contribution in [-0.2, 0) is 16.1 Å². The molecule has 17 heavy (non-hydrogen) atoms. The van der Waals surface area contributed by atoms with E-state index in [4.69, 9.17) is 0 Å². The lowest BCUT2D eigenvalue weighted by atomic mass is 10.2. The van der Waals surface area contributed by atoms with Gasteiger partial charge < -0.3 is 15.0 Å². The van der Waals surface area contributed by atoms with Crippen molar-refractivity contribution < 1.29 is 9.53 Å². The van der Waals surface area contributed by atoms with Crippen molar-refractivity contribution in [2.45, 2.75) is 19.9 Å². The molecule has 0 aliphatic rings. The average Bonchev–Trinajstić information content (AvgIpc) is 2.74. The molecule has 0 aliphatic heterocycles. The number of carbonyl (C=O) groups excluding carboxylic acids is 1. The van der Waals surface area contributed by atoms with Crippen LogP contribution in [0.25, 0.3) is 0 Å². The highest BCUT2D eigenvalue weighted by Gasteiger charge is 2.05. The summed E-state index contributed by atoms with van der Waals surface area (Å²) in [6, 6.07) is 0. The Kier molecular flexibility index (Phi) is 5.65. The Morgan fingerprint density at radius 3 is 2.94 bits per heavy atom. The van der Waals surface area contributed by atoms with Crippen molar-refractivity contribution >= 4 is 17.3 Å². The van der Waals surface area contributed by atoms with Crippen LogP contribution in [-0.4, -0.2) is 24.6 Å². The number of rotatable bonds is 6. The fraction of sp³-hybridized carbons (Fsp3) is 0.455. The maximum Gasteiger partial charge on any atom is 0.333 e. The number of nitrogens with one attached hydrogen (secondary N) is 2. The molecule has 5 nitrogen and oxygen atoms in total. The second kappa shape index (κ2) is 7.03. The Hall–Kier alpha value is -1.40. The fourth-order valence-electron chi connectivity index (χ4n) is 1.31. The van der Waals surface area contributed by atoms with Gasteiger partial charge in [0.1, 0.15) is 0 Å². The van der Waals surface area contributed by atoms with Crippen molar-refractivity contribution in [3.8, 4) is 0 Å². The molecular formula is C11H16N2O3S. The zero-order valence-electron chi connectivity index (χ0n) is 9.91. The molecule has 0 saturated carbocycles. The van der Waals surface area contributed by atoms with E-state index in [1.165, 1.54) is 7.11 Å². The Labute approximate surface area is 104 Å². The lowest BCUT2D eigenvalue weighted by Gasteiger charge is -2.03. The van der Waals surface area contributed by atoms with Crippen LogP contribution in [0.2, 0.25) is 0 Å². The first kappa shape index (κ1) is 13.7. The van der Waals surface area contributed by atoms with Gasteiger partial charge in [0.15, 0.2) is 0 Å². The first-order valence-electron chi connectivity index (χ1n) is 5.32. The van der Waals surface area contributed by atoms with Gasteiger partial charge in [0.25, 0.3) is 0 Å². The second-order valence-electron chi connectivity index (χ2n) is 3.38. The van der Waals surface area contributed by atoms with Crippen LogP contribution in [0.1, 0.15) is 19.0 Å². The normalized spacial score (nSPS) is 11.5. The van der Waals surface area contributed by atoms with Crippen molar-refractivity contribution in [1.82, 2.24) is 10.3 Å². The van der Waals surface area contributed by atoms with E-state index < -0.39 is 0 Å². The SMILES string of the molecule is CCC(=CCNCc1csc(=O)[nH]1)C(=O)OC. The van der Waals surface area contributed by atoms with Crippen molar-refractivity contribution in [2.24, 2.45) is 0 Å². The van der Waals surface area contributed by atoms with E-state index in [-0.39, 0.29) is 10.8 Å². The molecule has 0 fully saturated rings. The summed E-state index contributed by atoms with van der Waals surface area (Å²) < 4.78 is 4.64. The molecule has 2 N–H and O–H groups in total. The summed E-state index contributed by atoms with van der Waals surface area (Å²) in [6.45, 7) is 3.04. The van der Waals surface area contributed by atoms with Gasteiger partial charge in [-0.05, 0) is 6.42 Å². The van der Waals surface area contributed by atoms with Gasteiger partial charge in [0.2, 0.25) is 0 Å². The highest BCUT2D eigenvalue weighted by atomic mass is 32.1. The predicted octanol–water partition coefficient (Wildman–Crippen LogP) is 1.04. The predicted molar refractivity (Wildman–Crippen MR) is 67.0 cm³/mol. The highest BCUT2D eigenvalue weighted by Crippen LogP contribution is 2.02. The Balaban J connectivity index is 2.38. The number of carbonyl (C=O) groups is 1. The van der Waals surface area contributed by atoms with Gasteiger partial charge in [-0.1, -0.05) is 24.3 Å². The number of aromatic nitrogens is 1. The summed E-state index contributed by atoms with van der Waals surface area (Å²) in [5.41, 5.74) is 1.50. The molecule has 0 spiro atoms. The van der Waals surface area contributed by atoms with Gasteiger partial charge in [-0.15, -0.1) is 0 Å². The van der Waals surface area contributed by atoms with E-state index in [1.807, 2.05) is 6.92 Å². The molecule has 0 radical (unpaired) electrons. The summed E-state index contributed by atoms with van der Waals surface area (Å²) in [6.07, 6.45) is 2.44. The van der Waals surface area contributed by atoms with Crippen LogP contribution in [0.5, 0.6) is 0 Å². The first-order chi connectivity index (χ1) is 8.17. The largest absolute Gasteiger partial charge is 0.466 e. The van der Waals surface area contributed by atoms with E-state index in [9.17, 15) is 9.59 Å². The minimum absolute atomic E-state index is 0.0545. The zero-order chi connectivity index (χ0) is 12.7. The first-order valence-corrected chi connectivity index (χ1v) is 6.20. The zero-order valence-corrected chi connectivity index (χ0v) is 10.7. The van der Waals surface area contributed by atoms with Gasteiger partial charge in [0.05, 0.1) is 7.11 Å². The fourth-order valence-corrected chi connectivity index (χ4v) is 1.89. The molecule has 0 aliphatic carbocycles. The highest BCUT2D eigenvalue weighted by molar-refractivity contribution is 7.07. The van der Waals surface area contributed by atoms with Crippen molar-refractivity contribution in [1.29, 1.82) is 0 Å². The Bertz CT molecular complexity index is 448. The second-order valence-corrected chi connectivity index (χ2v) is 4.22. The topological polar surface area (TPSA) is 71.2 Å². The quantitative estimate of drug-likeness (QED) is 0.453. The standard InChI is InChI=1S/C11H16N2O3S/c1-3-8(10(14)16-2)4-5-12-6-9-7-17-11(15)13-9/h4,7,12H,3,5-6H2,1-2H3,(H,13,15). The molecule has 6 heteroatoms.